The Labute approximate surface area is 163 Å². The summed E-state index contributed by atoms with van der Waals surface area (Å²) in [6.07, 6.45) is 1.60. The van der Waals surface area contributed by atoms with Crippen molar-refractivity contribution in [3.8, 4) is 0 Å². The molecule has 0 saturated carbocycles. The second-order valence-electron chi connectivity index (χ2n) is 5.91. The molecular formula is C18H16ClN3O2S2. The Morgan fingerprint density at radius 1 is 1.27 bits per heavy atom. The van der Waals surface area contributed by atoms with Crippen molar-refractivity contribution in [3.05, 3.63) is 50.6 Å². The van der Waals surface area contributed by atoms with Gasteiger partial charge in [0.1, 0.15) is 5.71 Å². The lowest BCUT2D eigenvalue weighted by molar-refractivity contribution is -0.131. The highest BCUT2D eigenvalue weighted by Crippen LogP contribution is 2.26. The molecule has 3 aromatic rings. The number of benzene rings is 1. The highest BCUT2D eigenvalue weighted by atomic mass is 35.5. The number of oxime groups is 1. The van der Waals surface area contributed by atoms with Crippen LogP contribution in [0.2, 0.25) is 4.34 Å². The first-order valence-corrected chi connectivity index (χ1v) is 10.3. The van der Waals surface area contributed by atoms with Gasteiger partial charge in [0.2, 0.25) is 6.10 Å². The number of nitrogens with one attached hydrogen (secondary N) is 1. The maximum Gasteiger partial charge on any atom is 0.264 e. The molecule has 5 nitrogen and oxygen atoms in total. The number of thiazole rings is 1. The van der Waals surface area contributed by atoms with Gasteiger partial charge in [0.25, 0.3) is 5.91 Å². The predicted octanol–water partition coefficient (Wildman–Crippen LogP) is 4.25. The van der Waals surface area contributed by atoms with Crippen molar-refractivity contribution < 1.29 is 9.63 Å². The van der Waals surface area contributed by atoms with E-state index >= 15 is 0 Å². The van der Waals surface area contributed by atoms with Crippen LogP contribution in [0, 0.1) is 0 Å². The van der Waals surface area contributed by atoms with Crippen molar-refractivity contribution in [1.82, 2.24) is 10.3 Å². The van der Waals surface area contributed by atoms with Crippen LogP contribution in [-0.2, 0) is 16.1 Å². The number of rotatable bonds is 6. The summed E-state index contributed by atoms with van der Waals surface area (Å²) in [5.74, 6) is -0.129. The number of hydrogen-bond acceptors (Lipinski definition) is 6. The van der Waals surface area contributed by atoms with E-state index in [0.29, 0.717) is 17.3 Å². The number of fused-ring (bicyclic) bond motifs is 1. The van der Waals surface area contributed by atoms with Gasteiger partial charge in [0.15, 0.2) is 0 Å². The number of amides is 1. The Hall–Kier alpha value is -1.96. The fraction of sp³-hybridized carbons (Fsp3) is 0.278. The third-order valence-electron chi connectivity index (χ3n) is 4.02. The number of halogens is 1. The van der Waals surface area contributed by atoms with E-state index in [9.17, 15) is 4.79 Å². The summed E-state index contributed by atoms with van der Waals surface area (Å²) >= 11 is 9.08. The van der Waals surface area contributed by atoms with Crippen LogP contribution in [0.1, 0.15) is 22.7 Å². The second kappa shape index (κ2) is 7.73. The molecule has 0 aliphatic carbocycles. The predicted molar refractivity (Wildman–Crippen MR) is 106 cm³/mol. The van der Waals surface area contributed by atoms with Crippen molar-refractivity contribution in [2.45, 2.75) is 25.4 Å². The summed E-state index contributed by atoms with van der Waals surface area (Å²) in [7, 11) is 0. The average Bonchev–Trinajstić information content (AvgIpc) is 3.36. The van der Waals surface area contributed by atoms with Gasteiger partial charge in [-0.05, 0) is 30.7 Å². The minimum atomic E-state index is -0.562. The summed E-state index contributed by atoms with van der Waals surface area (Å²) in [4.78, 5) is 23.1. The van der Waals surface area contributed by atoms with E-state index < -0.39 is 6.10 Å². The zero-order chi connectivity index (χ0) is 17.9. The molecule has 1 N–H and O–H groups in total. The van der Waals surface area contributed by atoms with Crippen LogP contribution in [0.5, 0.6) is 0 Å². The van der Waals surface area contributed by atoms with E-state index in [1.54, 1.807) is 11.3 Å². The van der Waals surface area contributed by atoms with Crippen LogP contribution in [0.15, 0.2) is 41.6 Å². The molecule has 26 heavy (non-hydrogen) atoms. The number of aromatic nitrogens is 1. The first kappa shape index (κ1) is 17.5. The van der Waals surface area contributed by atoms with Gasteiger partial charge >= 0.3 is 0 Å². The van der Waals surface area contributed by atoms with Crippen LogP contribution >= 0.6 is 34.3 Å². The number of carbonyl (C=O) groups is 1. The first-order chi connectivity index (χ1) is 12.7. The Bertz CT molecular complexity index is 933. The molecule has 0 fully saturated rings. The van der Waals surface area contributed by atoms with Gasteiger partial charge in [-0.1, -0.05) is 28.9 Å². The van der Waals surface area contributed by atoms with Crippen molar-refractivity contribution >= 4 is 56.1 Å². The topological polar surface area (TPSA) is 63.6 Å². The lowest BCUT2D eigenvalue weighted by atomic mass is 10.1. The normalized spacial score (nSPS) is 16.5. The molecule has 1 aliphatic rings. The van der Waals surface area contributed by atoms with Gasteiger partial charge in [0, 0.05) is 19.4 Å². The summed E-state index contributed by atoms with van der Waals surface area (Å²) < 4.78 is 1.90. The minimum absolute atomic E-state index is 0.129. The van der Waals surface area contributed by atoms with Crippen LogP contribution in [0.3, 0.4) is 0 Å². The molecule has 1 aromatic carbocycles. The van der Waals surface area contributed by atoms with E-state index in [1.807, 2.05) is 30.3 Å². The Morgan fingerprint density at radius 2 is 2.15 bits per heavy atom. The summed E-state index contributed by atoms with van der Waals surface area (Å²) in [6, 6.07) is 11.8. The number of carbonyl (C=O) groups excluding carboxylic acids is 1. The molecule has 1 atom stereocenters. The van der Waals surface area contributed by atoms with Crippen molar-refractivity contribution in [3.63, 3.8) is 0 Å². The standard InChI is InChI=1S/C18H16ClN3O2S2/c19-16-8-7-15(25-16)12-10-13(24-22-12)18(23)20-9-3-6-17-21-11-4-1-2-5-14(11)26-17/h1-2,4-5,7-8,13H,3,6,9-10H2,(H,20,23). The molecule has 3 heterocycles. The SMILES string of the molecule is O=C(NCCCc1nc2ccccc2s1)C1CC(c2ccc(Cl)s2)=NO1. The van der Waals surface area contributed by atoms with Crippen LogP contribution in [-0.4, -0.2) is 29.3 Å². The Kier molecular flexibility index (Phi) is 5.19. The number of nitrogens with zero attached hydrogens (tertiary/aromatic N) is 2. The van der Waals surface area contributed by atoms with E-state index in [-0.39, 0.29) is 5.91 Å². The smallest absolute Gasteiger partial charge is 0.264 e. The van der Waals surface area contributed by atoms with Gasteiger partial charge < -0.3 is 10.2 Å². The Morgan fingerprint density at radius 3 is 2.96 bits per heavy atom. The van der Waals surface area contributed by atoms with E-state index in [2.05, 4.69) is 21.5 Å². The molecule has 1 unspecified atom stereocenters. The molecule has 0 bridgehead atoms. The molecule has 1 amide bonds. The molecule has 134 valence electrons. The zero-order valence-corrected chi connectivity index (χ0v) is 16.2. The Balaban J connectivity index is 1.22. The van der Waals surface area contributed by atoms with Crippen LogP contribution in [0.25, 0.3) is 10.2 Å². The van der Waals surface area contributed by atoms with Crippen LogP contribution < -0.4 is 5.32 Å². The molecular weight excluding hydrogens is 390 g/mol. The molecule has 0 radical (unpaired) electrons. The van der Waals surface area contributed by atoms with Gasteiger partial charge in [0.05, 0.1) is 24.4 Å². The van der Waals surface area contributed by atoms with Crippen molar-refractivity contribution in [2.75, 3.05) is 6.54 Å². The number of para-hydroxylation sites is 1. The van der Waals surface area contributed by atoms with Gasteiger partial charge in [-0.25, -0.2) is 4.98 Å². The van der Waals surface area contributed by atoms with Gasteiger partial charge in [-0.2, -0.15) is 0 Å². The third-order valence-corrected chi connectivity index (χ3v) is 6.40. The quantitative estimate of drug-likeness (QED) is 0.623. The van der Waals surface area contributed by atoms with Crippen molar-refractivity contribution in [1.29, 1.82) is 0 Å². The molecule has 2 aromatic heterocycles. The summed E-state index contributed by atoms with van der Waals surface area (Å²) in [5, 5.41) is 8.04. The second-order valence-corrected chi connectivity index (χ2v) is 8.74. The fourth-order valence-corrected chi connectivity index (χ4v) is 4.77. The highest BCUT2D eigenvalue weighted by Gasteiger charge is 2.29. The summed E-state index contributed by atoms with van der Waals surface area (Å²) in [6.45, 7) is 0.592. The maximum atomic E-state index is 12.2. The van der Waals surface area contributed by atoms with E-state index in [4.69, 9.17) is 16.4 Å². The molecule has 0 saturated heterocycles. The van der Waals surface area contributed by atoms with Gasteiger partial charge in [-0.15, -0.1) is 22.7 Å². The van der Waals surface area contributed by atoms with Crippen LogP contribution in [0.4, 0.5) is 0 Å². The molecule has 0 spiro atoms. The number of aryl methyl sites for hydroxylation is 1. The maximum absolute atomic E-state index is 12.2. The minimum Gasteiger partial charge on any atom is -0.382 e. The zero-order valence-electron chi connectivity index (χ0n) is 13.8. The molecule has 8 heteroatoms. The first-order valence-electron chi connectivity index (χ1n) is 8.29. The van der Waals surface area contributed by atoms with E-state index in [0.717, 1.165) is 34.0 Å². The average molecular weight is 406 g/mol. The molecule has 1 aliphatic heterocycles. The largest absolute Gasteiger partial charge is 0.382 e. The lowest BCUT2D eigenvalue weighted by Gasteiger charge is -2.08. The highest BCUT2D eigenvalue weighted by molar-refractivity contribution is 7.18. The monoisotopic (exact) mass is 405 g/mol. The van der Waals surface area contributed by atoms with E-state index in [1.165, 1.54) is 16.0 Å². The van der Waals surface area contributed by atoms with Crippen molar-refractivity contribution in [2.24, 2.45) is 5.16 Å². The lowest BCUT2D eigenvalue weighted by Crippen LogP contribution is -2.35. The number of thiophene rings is 1. The third kappa shape index (κ3) is 3.90. The summed E-state index contributed by atoms with van der Waals surface area (Å²) in [5.41, 5.74) is 1.81. The fourth-order valence-electron chi connectivity index (χ4n) is 2.72. The molecule has 4 rings (SSSR count). The number of hydrogen-bond donors (Lipinski definition) is 1. The van der Waals surface area contributed by atoms with Gasteiger partial charge in [-0.3, -0.25) is 4.79 Å².